The predicted octanol–water partition coefficient (Wildman–Crippen LogP) is 6.62. The molecule has 0 spiro atoms. The minimum atomic E-state index is -0.0453. The molecule has 4 aromatic rings. The number of hydrogen-bond acceptors (Lipinski definition) is 3. The van der Waals surface area contributed by atoms with E-state index in [2.05, 4.69) is 67.6 Å². The van der Waals surface area contributed by atoms with E-state index in [0.717, 1.165) is 16.8 Å². The molecule has 0 N–H and O–H groups in total. The number of anilines is 1. The molecule has 0 aromatic heterocycles. The molecule has 1 atom stereocenters. The van der Waals surface area contributed by atoms with E-state index in [9.17, 15) is 4.79 Å². The summed E-state index contributed by atoms with van der Waals surface area (Å²) in [6.07, 6.45) is 0.432. The monoisotopic (exact) mass is 451 g/mol. The van der Waals surface area contributed by atoms with Gasteiger partial charge < -0.3 is 14.4 Å². The molecule has 172 valence electrons. The molecule has 5 rings (SSSR count). The number of amides is 1. The van der Waals surface area contributed by atoms with Crippen LogP contribution in [0.2, 0.25) is 0 Å². The Morgan fingerprint density at radius 3 is 2.59 bits per heavy atom. The summed E-state index contributed by atoms with van der Waals surface area (Å²) in [5.41, 5.74) is 5.58. The molecule has 4 nitrogen and oxygen atoms in total. The Hall–Kier alpha value is -3.79. The van der Waals surface area contributed by atoms with Gasteiger partial charge in [0.2, 0.25) is 5.91 Å². The highest BCUT2D eigenvalue weighted by molar-refractivity contribution is 6.03. The largest absolute Gasteiger partial charge is 0.493 e. The van der Waals surface area contributed by atoms with Crippen LogP contribution >= 0.6 is 0 Å². The van der Waals surface area contributed by atoms with Gasteiger partial charge in [0.25, 0.3) is 0 Å². The fourth-order valence-electron chi connectivity index (χ4n) is 5.02. The fraction of sp³-hybridized carbons (Fsp3) is 0.233. The summed E-state index contributed by atoms with van der Waals surface area (Å²) in [6.45, 7) is 5.23. The molecule has 0 saturated heterocycles. The summed E-state index contributed by atoms with van der Waals surface area (Å²) in [5.74, 6) is 1.48. The first kappa shape index (κ1) is 22.0. The van der Waals surface area contributed by atoms with Crippen molar-refractivity contribution in [1.82, 2.24) is 0 Å². The van der Waals surface area contributed by atoms with Crippen LogP contribution in [0.5, 0.6) is 11.5 Å². The number of nitrogens with zero attached hydrogens (tertiary/aromatic N) is 1. The predicted molar refractivity (Wildman–Crippen MR) is 137 cm³/mol. The molecule has 1 unspecified atom stereocenters. The molecule has 4 aromatic carbocycles. The second-order valence-electron chi connectivity index (χ2n) is 8.80. The third-order valence-electron chi connectivity index (χ3n) is 6.65. The summed E-state index contributed by atoms with van der Waals surface area (Å²) in [6, 6.07) is 26.9. The van der Waals surface area contributed by atoms with Gasteiger partial charge in [-0.3, -0.25) is 4.79 Å². The van der Waals surface area contributed by atoms with Gasteiger partial charge in [0, 0.05) is 24.6 Å². The zero-order chi connectivity index (χ0) is 23.7. The van der Waals surface area contributed by atoms with Crippen molar-refractivity contribution in [3.05, 3.63) is 101 Å². The Morgan fingerprint density at radius 1 is 0.941 bits per heavy atom. The van der Waals surface area contributed by atoms with Gasteiger partial charge in [0.15, 0.2) is 11.5 Å². The fourth-order valence-corrected chi connectivity index (χ4v) is 5.02. The summed E-state index contributed by atoms with van der Waals surface area (Å²) >= 11 is 0. The zero-order valence-corrected chi connectivity index (χ0v) is 19.9. The van der Waals surface area contributed by atoms with E-state index in [0.29, 0.717) is 31.1 Å². The Morgan fingerprint density at radius 2 is 1.79 bits per heavy atom. The molecule has 4 heteroatoms. The molecule has 1 amide bonds. The van der Waals surface area contributed by atoms with Crippen molar-refractivity contribution in [2.45, 2.75) is 32.8 Å². The van der Waals surface area contributed by atoms with Crippen LogP contribution in [0.15, 0.2) is 78.9 Å². The van der Waals surface area contributed by atoms with Gasteiger partial charge >= 0.3 is 0 Å². The van der Waals surface area contributed by atoms with Gasteiger partial charge in [-0.15, -0.1) is 0 Å². The second-order valence-corrected chi connectivity index (χ2v) is 8.80. The van der Waals surface area contributed by atoms with Crippen molar-refractivity contribution in [1.29, 1.82) is 0 Å². The maximum atomic E-state index is 13.1. The molecule has 1 aliphatic heterocycles. The number of carbonyl (C=O) groups is 1. The third-order valence-corrected chi connectivity index (χ3v) is 6.65. The number of fused-ring (bicyclic) bond motifs is 3. The molecule has 0 saturated carbocycles. The number of benzene rings is 4. The highest BCUT2D eigenvalue weighted by Crippen LogP contribution is 2.45. The smallest absolute Gasteiger partial charge is 0.227 e. The van der Waals surface area contributed by atoms with Crippen LogP contribution in [-0.4, -0.2) is 19.6 Å². The first-order valence-corrected chi connectivity index (χ1v) is 11.8. The van der Waals surface area contributed by atoms with Crippen molar-refractivity contribution in [3.8, 4) is 11.5 Å². The number of ether oxygens (including phenoxy) is 2. The third kappa shape index (κ3) is 4.01. The van der Waals surface area contributed by atoms with Gasteiger partial charge in [-0.2, -0.15) is 0 Å². The lowest BCUT2D eigenvalue weighted by Crippen LogP contribution is -2.36. The quantitative estimate of drug-likeness (QED) is 0.330. The number of hydrogen-bond donors (Lipinski definition) is 0. The van der Waals surface area contributed by atoms with Crippen molar-refractivity contribution in [2.24, 2.45) is 0 Å². The molecule has 0 bridgehead atoms. The average molecular weight is 452 g/mol. The Balaban J connectivity index is 1.53. The van der Waals surface area contributed by atoms with E-state index in [1.165, 1.54) is 21.9 Å². The maximum absolute atomic E-state index is 13.1. The molecular weight excluding hydrogens is 422 g/mol. The van der Waals surface area contributed by atoms with Crippen LogP contribution in [0, 0.1) is 6.92 Å². The van der Waals surface area contributed by atoms with Crippen LogP contribution in [-0.2, 0) is 11.4 Å². The standard InChI is InChI=1S/C30H29NO3/c1-4-31-26-14-12-22-10-5-6-11-24(22)30(26)25(18-29(31)32)23-13-15-27(28(17-23)33-3)34-19-21-9-7-8-20(2)16-21/h5-17,25H,4,18-19H2,1-3H3. The minimum Gasteiger partial charge on any atom is -0.493 e. The molecule has 0 aliphatic carbocycles. The molecule has 0 radical (unpaired) electrons. The number of methoxy groups -OCH3 is 1. The average Bonchev–Trinajstić information content (AvgIpc) is 2.86. The first-order chi connectivity index (χ1) is 16.6. The Kier molecular flexibility index (Phi) is 5.97. The maximum Gasteiger partial charge on any atom is 0.227 e. The Labute approximate surface area is 200 Å². The number of rotatable bonds is 6. The van der Waals surface area contributed by atoms with Crippen LogP contribution in [0.25, 0.3) is 10.8 Å². The van der Waals surface area contributed by atoms with Gasteiger partial charge in [-0.05, 0) is 59.5 Å². The molecule has 0 fully saturated rings. The van der Waals surface area contributed by atoms with Crippen LogP contribution in [0.4, 0.5) is 5.69 Å². The summed E-state index contributed by atoms with van der Waals surface area (Å²) < 4.78 is 11.8. The van der Waals surface area contributed by atoms with Crippen LogP contribution in [0.1, 0.15) is 41.5 Å². The summed E-state index contributed by atoms with van der Waals surface area (Å²) in [4.78, 5) is 15.0. The van der Waals surface area contributed by atoms with E-state index in [1.54, 1.807) is 7.11 Å². The van der Waals surface area contributed by atoms with E-state index < -0.39 is 0 Å². The SMILES string of the molecule is CCN1C(=O)CC(c2ccc(OCc3cccc(C)c3)c(OC)c2)c2c1ccc1ccccc21. The molecule has 1 aliphatic rings. The van der Waals surface area contributed by atoms with Crippen molar-refractivity contribution in [2.75, 3.05) is 18.6 Å². The van der Waals surface area contributed by atoms with Crippen molar-refractivity contribution < 1.29 is 14.3 Å². The number of aryl methyl sites for hydroxylation is 1. The normalized spacial score (nSPS) is 15.3. The first-order valence-electron chi connectivity index (χ1n) is 11.8. The Bertz CT molecular complexity index is 1360. The highest BCUT2D eigenvalue weighted by Gasteiger charge is 2.33. The molecular formula is C30H29NO3. The van der Waals surface area contributed by atoms with E-state index in [-0.39, 0.29) is 11.8 Å². The second kappa shape index (κ2) is 9.22. The van der Waals surface area contributed by atoms with E-state index >= 15 is 0 Å². The minimum absolute atomic E-state index is 0.0453. The van der Waals surface area contributed by atoms with E-state index in [1.807, 2.05) is 30.0 Å². The lowest BCUT2D eigenvalue weighted by atomic mass is 9.81. The van der Waals surface area contributed by atoms with Crippen LogP contribution < -0.4 is 14.4 Å². The van der Waals surface area contributed by atoms with E-state index in [4.69, 9.17) is 9.47 Å². The van der Waals surface area contributed by atoms with Gasteiger partial charge in [-0.1, -0.05) is 66.2 Å². The topological polar surface area (TPSA) is 38.8 Å². The van der Waals surface area contributed by atoms with Gasteiger partial charge in [-0.25, -0.2) is 0 Å². The van der Waals surface area contributed by atoms with Crippen molar-refractivity contribution >= 4 is 22.4 Å². The van der Waals surface area contributed by atoms with Crippen molar-refractivity contribution in [3.63, 3.8) is 0 Å². The lowest BCUT2D eigenvalue weighted by Gasteiger charge is -2.35. The van der Waals surface area contributed by atoms with Crippen LogP contribution in [0.3, 0.4) is 0 Å². The summed E-state index contributed by atoms with van der Waals surface area (Å²) in [7, 11) is 1.66. The van der Waals surface area contributed by atoms with Gasteiger partial charge in [0.1, 0.15) is 6.61 Å². The summed E-state index contributed by atoms with van der Waals surface area (Å²) in [5, 5.41) is 2.37. The van der Waals surface area contributed by atoms with Gasteiger partial charge in [0.05, 0.1) is 7.11 Å². The zero-order valence-electron chi connectivity index (χ0n) is 19.9. The molecule has 34 heavy (non-hydrogen) atoms. The highest BCUT2D eigenvalue weighted by atomic mass is 16.5. The lowest BCUT2D eigenvalue weighted by molar-refractivity contribution is -0.119. The molecule has 1 heterocycles. The number of carbonyl (C=O) groups excluding carboxylic acids is 1.